The first-order valence-corrected chi connectivity index (χ1v) is 6.70. The van der Waals surface area contributed by atoms with Crippen molar-refractivity contribution >= 4 is 23.2 Å². The number of nitrogens with zero attached hydrogens (tertiary/aromatic N) is 1. The average molecular weight is 282 g/mol. The number of aromatic amines is 1. The predicted molar refractivity (Wildman–Crippen MR) is 73.9 cm³/mol. The summed E-state index contributed by atoms with van der Waals surface area (Å²) in [4.78, 5) is 7.63. The normalized spacial score (nSPS) is 15.0. The van der Waals surface area contributed by atoms with Gasteiger partial charge in [-0.1, -0.05) is 23.2 Å². The van der Waals surface area contributed by atoms with E-state index in [0.717, 1.165) is 23.6 Å². The fourth-order valence-electron chi connectivity index (χ4n) is 1.83. The number of benzene rings is 1. The third-order valence-corrected chi connectivity index (χ3v) is 3.36. The number of H-pyrrole nitrogens is 1. The molecule has 18 heavy (non-hydrogen) atoms. The minimum Gasteiger partial charge on any atom is -0.341 e. The Morgan fingerprint density at radius 1 is 1.22 bits per heavy atom. The van der Waals surface area contributed by atoms with Crippen LogP contribution in [0, 0.1) is 0 Å². The van der Waals surface area contributed by atoms with E-state index in [-0.39, 0.29) is 0 Å². The molecule has 3 nitrogen and oxygen atoms in total. The molecular formula is C13H13Cl2N3. The molecular weight excluding hydrogens is 269 g/mol. The van der Waals surface area contributed by atoms with Crippen molar-refractivity contribution < 1.29 is 0 Å². The quantitative estimate of drug-likeness (QED) is 0.899. The summed E-state index contributed by atoms with van der Waals surface area (Å²) in [6.07, 6.45) is 4.41. The highest BCUT2D eigenvalue weighted by molar-refractivity contribution is 6.35. The molecule has 3 rings (SSSR count). The Labute approximate surface area is 116 Å². The van der Waals surface area contributed by atoms with Crippen molar-refractivity contribution in [2.75, 3.05) is 0 Å². The number of aromatic nitrogens is 2. The molecule has 0 aliphatic heterocycles. The molecule has 94 valence electrons. The van der Waals surface area contributed by atoms with Crippen molar-refractivity contribution in [3.8, 4) is 11.4 Å². The van der Waals surface area contributed by atoms with E-state index in [1.165, 1.54) is 12.8 Å². The molecule has 0 amide bonds. The molecule has 1 fully saturated rings. The largest absolute Gasteiger partial charge is 0.341 e. The summed E-state index contributed by atoms with van der Waals surface area (Å²) < 4.78 is 0. The van der Waals surface area contributed by atoms with Crippen LogP contribution < -0.4 is 5.32 Å². The van der Waals surface area contributed by atoms with Crippen molar-refractivity contribution in [3.63, 3.8) is 0 Å². The lowest BCUT2D eigenvalue weighted by atomic mass is 10.2. The van der Waals surface area contributed by atoms with Gasteiger partial charge in [-0.15, -0.1) is 0 Å². The summed E-state index contributed by atoms with van der Waals surface area (Å²) in [5, 5.41) is 4.67. The van der Waals surface area contributed by atoms with Crippen molar-refractivity contribution in [1.29, 1.82) is 0 Å². The van der Waals surface area contributed by atoms with Gasteiger partial charge < -0.3 is 10.3 Å². The average Bonchev–Trinajstić information content (AvgIpc) is 3.02. The summed E-state index contributed by atoms with van der Waals surface area (Å²) in [5.74, 6) is 0.798. The van der Waals surface area contributed by atoms with Gasteiger partial charge in [-0.3, -0.25) is 0 Å². The minimum atomic E-state index is 0.617. The van der Waals surface area contributed by atoms with Gasteiger partial charge in [0.2, 0.25) is 0 Å². The van der Waals surface area contributed by atoms with Crippen LogP contribution in [-0.2, 0) is 6.54 Å². The van der Waals surface area contributed by atoms with Crippen LogP contribution in [0.15, 0.2) is 24.4 Å². The van der Waals surface area contributed by atoms with Crippen LogP contribution in [-0.4, -0.2) is 16.0 Å². The van der Waals surface area contributed by atoms with Crippen LogP contribution in [0.5, 0.6) is 0 Å². The lowest BCUT2D eigenvalue weighted by Gasteiger charge is -2.01. The highest BCUT2D eigenvalue weighted by atomic mass is 35.5. The Bertz CT molecular complexity index is 541. The smallest absolute Gasteiger partial charge is 0.137 e. The standard InChI is InChI=1S/C13H13Cl2N3/c14-9-3-8(4-10(15)5-9)13-17-7-12(18-13)6-16-11-1-2-11/h3-5,7,11,16H,1-2,6H2,(H,17,18). The van der Waals surface area contributed by atoms with Gasteiger partial charge in [0.25, 0.3) is 0 Å². The molecule has 0 bridgehead atoms. The van der Waals surface area contributed by atoms with Crippen molar-refractivity contribution in [1.82, 2.24) is 15.3 Å². The molecule has 1 heterocycles. The van der Waals surface area contributed by atoms with E-state index in [9.17, 15) is 0 Å². The number of hydrogen-bond donors (Lipinski definition) is 2. The Morgan fingerprint density at radius 2 is 1.94 bits per heavy atom. The molecule has 1 aromatic heterocycles. The summed E-state index contributed by atoms with van der Waals surface area (Å²) in [6.45, 7) is 0.825. The second kappa shape index (κ2) is 4.92. The van der Waals surface area contributed by atoms with Gasteiger partial charge >= 0.3 is 0 Å². The van der Waals surface area contributed by atoms with E-state index >= 15 is 0 Å². The maximum Gasteiger partial charge on any atom is 0.137 e. The first-order valence-electron chi connectivity index (χ1n) is 5.94. The molecule has 2 aromatic rings. The molecule has 0 saturated heterocycles. The third-order valence-electron chi connectivity index (χ3n) is 2.92. The topological polar surface area (TPSA) is 40.7 Å². The van der Waals surface area contributed by atoms with Gasteiger partial charge in [-0.2, -0.15) is 0 Å². The lowest BCUT2D eigenvalue weighted by molar-refractivity contribution is 0.677. The number of rotatable bonds is 4. The summed E-state index contributed by atoms with van der Waals surface area (Å²) in [5.41, 5.74) is 1.98. The molecule has 1 aliphatic rings. The zero-order valence-corrected chi connectivity index (χ0v) is 11.2. The monoisotopic (exact) mass is 281 g/mol. The molecule has 2 N–H and O–H groups in total. The summed E-state index contributed by atoms with van der Waals surface area (Å²) in [6, 6.07) is 6.11. The zero-order chi connectivity index (χ0) is 12.5. The first-order chi connectivity index (χ1) is 8.70. The fourth-order valence-corrected chi connectivity index (χ4v) is 2.35. The molecule has 0 radical (unpaired) electrons. The fraction of sp³-hybridized carbons (Fsp3) is 0.308. The summed E-state index contributed by atoms with van der Waals surface area (Å²) >= 11 is 12.0. The van der Waals surface area contributed by atoms with E-state index in [4.69, 9.17) is 23.2 Å². The molecule has 0 atom stereocenters. The number of halogens is 2. The van der Waals surface area contributed by atoms with Crippen LogP contribution in [0.3, 0.4) is 0 Å². The van der Waals surface area contributed by atoms with E-state index < -0.39 is 0 Å². The van der Waals surface area contributed by atoms with Crippen molar-refractivity contribution in [2.45, 2.75) is 25.4 Å². The van der Waals surface area contributed by atoms with Gasteiger partial charge in [0, 0.05) is 40.1 Å². The number of nitrogens with one attached hydrogen (secondary N) is 2. The maximum atomic E-state index is 5.98. The highest BCUT2D eigenvalue weighted by Gasteiger charge is 2.20. The third kappa shape index (κ3) is 2.86. The van der Waals surface area contributed by atoms with Crippen LogP contribution in [0.4, 0.5) is 0 Å². The minimum absolute atomic E-state index is 0.617. The van der Waals surface area contributed by atoms with Crippen LogP contribution in [0.1, 0.15) is 18.5 Å². The zero-order valence-electron chi connectivity index (χ0n) is 9.71. The van der Waals surface area contributed by atoms with E-state index in [2.05, 4.69) is 15.3 Å². The second-order valence-corrected chi connectivity index (χ2v) is 5.44. The Morgan fingerprint density at radius 3 is 2.61 bits per heavy atom. The number of hydrogen-bond acceptors (Lipinski definition) is 2. The van der Waals surface area contributed by atoms with E-state index in [1.807, 2.05) is 18.3 Å². The van der Waals surface area contributed by atoms with Crippen LogP contribution >= 0.6 is 23.2 Å². The van der Waals surface area contributed by atoms with E-state index in [0.29, 0.717) is 16.1 Å². The molecule has 0 spiro atoms. The molecule has 1 aliphatic carbocycles. The molecule has 1 saturated carbocycles. The Balaban J connectivity index is 1.78. The van der Waals surface area contributed by atoms with Gasteiger partial charge in [-0.05, 0) is 31.0 Å². The van der Waals surface area contributed by atoms with Crippen molar-refractivity contribution in [3.05, 3.63) is 40.1 Å². The number of imidazole rings is 1. The Hall–Kier alpha value is -1.03. The predicted octanol–water partition coefficient (Wildman–Crippen LogP) is 3.64. The van der Waals surface area contributed by atoms with Crippen LogP contribution in [0.25, 0.3) is 11.4 Å². The first kappa shape index (κ1) is 12.0. The van der Waals surface area contributed by atoms with Gasteiger partial charge in [0.15, 0.2) is 0 Å². The lowest BCUT2D eigenvalue weighted by Crippen LogP contribution is -2.15. The molecule has 0 unspecified atom stereocenters. The van der Waals surface area contributed by atoms with Crippen LogP contribution in [0.2, 0.25) is 10.0 Å². The van der Waals surface area contributed by atoms with Crippen molar-refractivity contribution in [2.24, 2.45) is 0 Å². The SMILES string of the molecule is Clc1cc(Cl)cc(-c2ncc(CNC3CC3)[nH]2)c1. The van der Waals surface area contributed by atoms with Gasteiger partial charge in [0.05, 0.1) is 0 Å². The van der Waals surface area contributed by atoms with E-state index in [1.54, 1.807) is 6.07 Å². The Kier molecular flexibility index (Phi) is 3.29. The molecule has 1 aromatic carbocycles. The van der Waals surface area contributed by atoms with Gasteiger partial charge in [0.1, 0.15) is 5.82 Å². The second-order valence-electron chi connectivity index (χ2n) is 4.57. The maximum absolute atomic E-state index is 5.98. The van der Waals surface area contributed by atoms with Gasteiger partial charge in [-0.25, -0.2) is 4.98 Å². The highest BCUT2D eigenvalue weighted by Crippen LogP contribution is 2.25. The summed E-state index contributed by atoms with van der Waals surface area (Å²) in [7, 11) is 0. The molecule has 5 heteroatoms.